The molecule has 1 fully saturated rings. The molecule has 3 heterocycles. The Morgan fingerprint density at radius 1 is 1.11 bits per heavy atom. The number of para-hydroxylation sites is 1. The van der Waals surface area contributed by atoms with E-state index in [4.69, 9.17) is 20.8 Å². The van der Waals surface area contributed by atoms with Gasteiger partial charge in [-0.15, -0.1) is 0 Å². The molecule has 0 atom stereocenters. The van der Waals surface area contributed by atoms with Gasteiger partial charge in [0.25, 0.3) is 11.5 Å². The molecule has 35 heavy (non-hydrogen) atoms. The smallest absolute Gasteiger partial charge is 0.292 e. The summed E-state index contributed by atoms with van der Waals surface area (Å²) in [6.07, 6.45) is 1.60. The van der Waals surface area contributed by atoms with E-state index in [-0.39, 0.29) is 16.5 Å². The van der Waals surface area contributed by atoms with E-state index < -0.39 is 0 Å². The van der Waals surface area contributed by atoms with Crippen molar-refractivity contribution < 1.29 is 13.9 Å². The summed E-state index contributed by atoms with van der Waals surface area (Å²) in [4.78, 5) is 29.8. The molecule has 1 aliphatic rings. The topological polar surface area (TPSA) is 80.8 Å². The van der Waals surface area contributed by atoms with E-state index in [1.807, 2.05) is 55.1 Å². The van der Waals surface area contributed by atoms with Crippen LogP contribution in [0.15, 0.2) is 63.9 Å². The highest BCUT2D eigenvalue weighted by Crippen LogP contribution is 2.30. The molecule has 2 aromatic carbocycles. The number of rotatable bonds is 5. The number of anilines is 1. The number of fused-ring (bicyclic) bond motifs is 1. The van der Waals surface area contributed by atoms with E-state index in [2.05, 4.69) is 5.10 Å². The number of nitrogens with zero attached hydrogens (tertiary/aromatic N) is 4. The van der Waals surface area contributed by atoms with Crippen LogP contribution in [0.5, 0.6) is 5.75 Å². The van der Waals surface area contributed by atoms with Gasteiger partial charge in [0.05, 0.1) is 24.2 Å². The van der Waals surface area contributed by atoms with Gasteiger partial charge in [0.15, 0.2) is 5.76 Å². The van der Waals surface area contributed by atoms with Crippen LogP contribution in [0.25, 0.3) is 16.7 Å². The summed E-state index contributed by atoms with van der Waals surface area (Å²) in [7, 11) is 0. The highest BCUT2D eigenvalue weighted by molar-refractivity contribution is 6.33. The highest BCUT2D eigenvalue weighted by atomic mass is 35.5. The lowest BCUT2D eigenvalue weighted by atomic mass is 10.1. The van der Waals surface area contributed by atoms with Crippen LogP contribution in [0.2, 0.25) is 5.02 Å². The number of amides is 1. The molecule has 1 amide bonds. The fourth-order valence-corrected chi connectivity index (χ4v) is 4.60. The largest absolute Gasteiger partial charge is 0.494 e. The number of hydrogen-bond acceptors (Lipinski definition) is 6. The van der Waals surface area contributed by atoms with Crippen LogP contribution in [0.3, 0.4) is 0 Å². The average Bonchev–Trinajstić information content (AvgIpc) is 3.22. The van der Waals surface area contributed by atoms with Crippen LogP contribution in [0.1, 0.15) is 23.0 Å². The van der Waals surface area contributed by atoms with E-state index in [0.717, 1.165) is 16.7 Å². The Morgan fingerprint density at radius 3 is 2.57 bits per heavy atom. The Bertz CT molecular complexity index is 1440. The number of hydrogen-bond donors (Lipinski definition) is 0. The summed E-state index contributed by atoms with van der Waals surface area (Å²) in [5.41, 5.74) is 2.30. The van der Waals surface area contributed by atoms with Gasteiger partial charge in [0.2, 0.25) is 0 Å². The number of carbonyl (C=O) groups excluding carboxylic acids is 1. The van der Waals surface area contributed by atoms with E-state index in [9.17, 15) is 9.59 Å². The predicted molar refractivity (Wildman–Crippen MR) is 135 cm³/mol. The van der Waals surface area contributed by atoms with Gasteiger partial charge in [0, 0.05) is 37.1 Å². The van der Waals surface area contributed by atoms with Crippen molar-refractivity contribution in [1.29, 1.82) is 0 Å². The Hall–Kier alpha value is -3.78. The zero-order chi connectivity index (χ0) is 24.5. The quantitative estimate of drug-likeness (QED) is 0.413. The van der Waals surface area contributed by atoms with Gasteiger partial charge in [-0.25, -0.2) is 0 Å². The molecule has 0 bridgehead atoms. The lowest BCUT2D eigenvalue weighted by Crippen LogP contribution is -2.49. The number of piperazine rings is 1. The van der Waals surface area contributed by atoms with Crippen LogP contribution < -0.4 is 15.2 Å². The summed E-state index contributed by atoms with van der Waals surface area (Å²) >= 11 is 6.46. The normalized spacial score (nSPS) is 13.9. The fraction of sp³-hybridized carbons (Fsp3) is 0.269. The molecule has 5 rings (SSSR count). The average molecular weight is 493 g/mol. The number of halogens is 1. The Kier molecular flexibility index (Phi) is 6.21. The first-order valence-corrected chi connectivity index (χ1v) is 11.9. The summed E-state index contributed by atoms with van der Waals surface area (Å²) in [5, 5.41) is 5.30. The Morgan fingerprint density at radius 2 is 1.86 bits per heavy atom. The van der Waals surface area contributed by atoms with Gasteiger partial charge >= 0.3 is 0 Å². The molecule has 0 saturated carbocycles. The zero-order valence-corrected chi connectivity index (χ0v) is 20.3. The maximum absolute atomic E-state index is 13.3. The van der Waals surface area contributed by atoms with Gasteiger partial charge in [-0.05, 0) is 44.2 Å². The standard InChI is InChI=1S/C26H25ClN4O4/c1-3-34-19-9-10-22-20(15-19)17(2)24(35-22)26(33)30-13-11-29(12-14-30)21-16-28-31(25(32)23(21)27)18-7-5-4-6-8-18/h4-10,15-16H,3,11-14H2,1-2H3. The first-order chi connectivity index (χ1) is 17.0. The minimum Gasteiger partial charge on any atom is -0.494 e. The maximum Gasteiger partial charge on any atom is 0.292 e. The summed E-state index contributed by atoms with van der Waals surface area (Å²) in [6, 6.07) is 14.7. The number of furan rings is 1. The van der Waals surface area contributed by atoms with Crippen molar-refractivity contribution in [2.45, 2.75) is 13.8 Å². The number of benzene rings is 2. The summed E-state index contributed by atoms with van der Waals surface area (Å²) in [6.45, 7) is 6.37. The summed E-state index contributed by atoms with van der Waals surface area (Å²) < 4.78 is 12.8. The van der Waals surface area contributed by atoms with E-state index in [1.54, 1.807) is 23.2 Å². The highest BCUT2D eigenvalue weighted by Gasteiger charge is 2.28. The van der Waals surface area contributed by atoms with Gasteiger partial charge in [0.1, 0.15) is 16.4 Å². The predicted octanol–water partition coefficient (Wildman–Crippen LogP) is 4.30. The van der Waals surface area contributed by atoms with Gasteiger partial charge in [-0.2, -0.15) is 9.78 Å². The molecule has 0 unspecified atom stereocenters. The third kappa shape index (κ3) is 4.25. The van der Waals surface area contributed by atoms with Crippen LogP contribution in [0, 0.1) is 6.92 Å². The van der Waals surface area contributed by atoms with Crippen LogP contribution in [-0.4, -0.2) is 53.4 Å². The second kappa shape index (κ2) is 9.46. The van der Waals surface area contributed by atoms with Gasteiger partial charge in [-0.3, -0.25) is 9.59 Å². The number of aryl methyl sites for hydroxylation is 1. The number of aromatic nitrogens is 2. The molecule has 180 valence electrons. The molecule has 0 aliphatic carbocycles. The molecular weight excluding hydrogens is 468 g/mol. The van der Waals surface area contributed by atoms with Crippen LogP contribution >= 0.6 is 11.6 Å². The molecule has 4 aromatic rings. The monoisotopic (exact) mass is 492 g/mol. The van der Waals surface area contributed by atoms with Crippen molar-refractivity contribution >= 4 is 34.2 Å². The van der Waals surface area contributed by atoms with Crippen molar-refractivity contribution in [2.24, 2.45) is 0 Å². The zero-order valence-electron chi connectivity index (χ0n) is 19.5. The Balaban J connectivity index is 1.32. The second-order valence-electron chi connectivity index (χ2n) is 8.32. The molecule has 1 aliphatic heterocycles. The molecule has 0 radical (unpaired) electrons. The van der Waals surface area contributed by atoms with Crippen LogP contribution in [0.4, 0.5) is 5.69 Å². The molecule has 0 spiro atoms. The van der Waals surface area contributed by atoms with Gasteiger partial charge in [-0.1, -0.05) is 29.8 Å². The van der Waals surface area contributed by atoms with Crippen molar-refractivity contribution in [3.05, 3.63) is 81.4 Å². The maximum atomic E-state index is 13.3. The molecule has 2 aromatic heterocycles. The lowest BCUT2D eigenvalue weighted by molar-refractivity contribution is 0.0716. The first-order valence-electron chi connectivity index (χ1n) is 11.5. The fourth-order valence-electron chi connectivity index (χ4n) is 4.35. The minimum atomic E-state index is -0.377. The number of carbonyl (C=O) groups is 1. The van der Waals surface area contributed by atoms with E-state index in [1.165, 1.54) is 4.68 Å². The molecule has 8 nitrogen and oxygen atoms in total. The number of ether oxygens (including phenoxy) is 1. The van der Waals surface area contributed by atoms with Crippen molar-refractivity contribution in [1.82, 2.24) is 14.7 Å². The van der Waals surface area contributed by atoms with E-state index >= 15 is 0 Å². The van der Waals surface area contributed by atoms with Crippen molar-refractivity contribution in [3.63, 3.8) is 0 Å². The van der Waals surface area contributed by atoms with Crippen LogP contribution in [-0.2, 0) is 0 Å². The SMILES string of the molecule is CCOc1ccc2oc(C(=O)N3CCN(c4cnn(-c5ccccc5)c(=O)c4Cl)CC3)c(C)c2c1. The first kappa shape index (κ1) is 23.0. The van der Waals surface area contributed by atoms with Crippen molar-refractivity contribution in [2.75, 3.05) is 37.7 Å². The molecular formula is C26H25ClN4O4. The molecule has 0 N–H and O–H groups in total. The summed E-state index contributed by atoms with van der Waals surface area (Å²) in [5.74, 6) is 0.934. The lowest BCUT2D eigenvalue weighted by Gasteiger charge is -2.35. The van der Waals surface area contributed by atoms with E-state index in [0.29, 0.717) is 55.5 Å². The minimum absolute atomic E-state index is 0.113. The third-order valence-corrected chi connectivity index (χ3v) is 6.58. The van der Waals surface area contributed by atoms with Crippen molar-refractivity contribution in [3.8, 4) is 11.4 Å². The third-order valence-electron chi connectivity index (χ3n) is 6.22. The Labute approximate surface area is 207 Å². The second-order valence-corrected chi connectivity index (χ2v) is 8.70. The van der Waals surface area contributed by atoms with Gasteiger partial charge < -0.3 is 19.0 Å². The molecule has 9 heteroatoms. The molecule has 1 saturated heterocycles.